The third kappa shape index (κ3) is 3.73. The highest BCUT2D eigenvalue weighted by Crippen LogP contribution is 2.24. The summed E-state index contributed by atoms with van der Waals surface area (Å²) >= 11 is 0. The molecule has 3 aromatic rings. The normalized spacial score (nSPS) is 16.3. The van der Waals surface area contributed by atoms with Gasteiger partial charge in [-0.2, -0.15) is 0 Å². The number of benzene rings is 1. The standard InChI is InChI=1S/C24H25N5O/c30-24(28-15-13-27(14-16-28)22-7-3-4-10-25-22)20-8-11-26-23(17-20)29-12-9-19-5-1-2-6-21(19)18-29/h1-8,10-11,17H,9,12-16,18H2. The number of aromatic nitrogens is 2. The van der Waals surface area contributed by atoms with E-state index in [0.29, 0.717) is 18.7 Å². The van der Waals surface area contributed by atoms with Gasteiger partial charge in [-0.1, -0.05) is 30.3 Å². The van der Waals surface area contributed by atoms with Crippen LogP contribution in [0.25, 0.3) is 0 Å². The minimum Gasteiger partial charge on any atom is -0.353 e. The van der Waals surface area contributed by atoms with Crippen LogP contribution in [0.3, 0.4) is 0 Å². The number of pyridine rings is 2. The molecule has 1 saturated heterocycles. The first-order valence-electron chi connectivity index (χ1n) is 10.5. The molecule has 0 unspecified atom stereocenters. The van der Waals surface area contributed by atoms with E-state index in [-0.39, 0.29) is 5.91 Å². The molecule has 4 heterocycles. The van der Waals surface area contributed by atoms with Crippen LogP contribution in [0.1, 0.15) is 21.5 Å². The van der Waals surface area contributed by atoms with Gasteiger partial charge in [-0.05, 0) is 41.8 Å². The zero-order valence-electron chi connectivity index (χ0n) is 16.9. The summed E-state index contributed by atoms with van der Waals surface area (Å²) in [7, 11) is 0. The van der Waals surface area contributed by atoms with E-state index in [2.05, 4.69) is 44.0 Å². The van der Waals surface area contributed by atoms with E-state index in [1.807, 2.05) is 41.4 Å². The minimum absolute atomic E-state index is 0.0803. The van der Waals surface area contributed by atoms with Crippen LogP contribution in [0.15, 0.2) is 67.0 Å². The number of rotatable bonds is 3. The monoisotopic (exact) mass is 399 g/mol. The maximum Gasteiger partial charge on any atom is 0.254 e. The first-order valence-corrected chi connectivity index (χ1v) is 10.5. The van der Waals surface area contributed by atoms with E-state index in [4.69, 9.17) is 0 Å². The molecule has 6 heteroatoms. The SMILES string of the molecule is O=C(c1ccnc(N2CCc3ccccc3C2)c1)N1CCN(c2ccccn2)CC1. The summed E-state index contributed by atoms with van der Waals surface area (Å²) in [6.45, 7) is 4.75. The molecule has 2 aromatic heterocycles. The number of fused-ring (bicyclic) bond motifs is 1. The van der Waals surface area contributed by atoms with E-state index < -0.39 is 0 Å². The average Bonchev–Trinajstić information content (AvgIpc) is 2.84. The summed E-state index contributed by atoms with van der Waals surface area (Å²) in [5, 5.41) is 0. The van der Waals surface area contributed by atoms with Gasteiger partial charge in [0.05, 0.1) is 0 Å². The first-order chi connectivity index (χ1) is 14.8. The number of piperazine rings is 1. The topological polar surface area (TPSA) is 52.6 Å². The van der Waals surface area contributed by atoms with E-state index in [0.717, 1.165) is 44.2 Å². The summed E-state index contributed by atoms with van der Waals surface area (Å²) in [6, 6.07) is 18.3. The van der Waals surface area contributed by atoms with Crippen molar-refractivity contribution in [1.82, 2.24) is 14.9 Å². The van der Waals surface area contributed by atoms with Gasteiger partial charge in [0.2, 0.25) is 0 Å². The zero-order chi connectivity index (χ0) is 20.3. The molecule has 1 aromatic carbocycles. The molecule has 0 radical (unpaired) electrons. The maximum absolute atomic E-state index is 13.1. The van der Waals surface area contributed by atoms with Gasteiger partial charge in [0, 0.05) is 57.2 Å². The Balaban J connectivity index is 1.26. The van der Waals surface area contributed by atoms with Crippen molar-refractivity contribution in [3.05, 3.63) is 83.7 Å². The van der Waals surface area contributed by atoms with Crippen LogP contribution in [-0.2, 0) is 13.0 Å². The Labute approximate surface area is 176 Å². The molecule has 0 N–H and O–H groups in total. The van der Waals surface area contributed by atoms with Crippen molar-refractivity contribution >= 4 is 17.5 Å². The van der Waals surface area contributed by atoms with Gasteiger partial charge < -0.3 is 14.7 Å². The van der Waals surface area contributed by atoms with Crippen LogP contribution >= 0.6 is 0 Å². The molecule has 30 heavy (non-hydrogen) atoms. The van der Waals surface area contributed by atoms with Gasteiger partial charge >= 0.3 is 0 Å². The van der Waals surface area contributed by atoms with Gasteiger partial charge in [-0.25, -0.2) is 9.97 Å². The Hall–Kier alpha value is -3.41. The van der Waals surface area contributed by atoms with Crippen LogP contribution in [0.2, 0.25) is 0 Å². The van der Waals surface area contributed by atoms with E-state index in [9.17, 15) is 4.79 Å². The van der Waals surface area contributed by atoms with Gasteiger partial charge in [0.25, 0.3) is 5.91 Å². The first kappa shape index (κ1) is 18.6. The molecule has 5 rings (SSSR count). The van der Waals surface area contributed by atoms with Crippen molar-refractivity contribution in [1.29, 1.82) is 0 Å². The number of anilines is 2. The largest absolute Gasteiger partial charge is 0.353 e. The molecule has 1 amide bonds. The summed E-state index contributed by atoms with van der Waals surface area (Å²) in [6.07, 6.45) is 4.57. The molecule has 152 valence electrons. The van der Waals surface area contributed by atoms with E-state index >= 15 is 0 Å². The van der Waals surface area contributed by atoms with Crippen LogP contribution in [0.4, 0.5) is 11.6 Å². The van der Waals surface area contributed by atoms with Crippen LogP contribution in [0, 0.1) is 0 Å². The highest BCUT2D eigenvalue weighted by molar-refractivity contribution is 5.95. The summed E-state index contributed by atoms with van der Waals surface area (Å²) < 4.78 is 0. The van der Waals surface area contributed by atoms with E-state index in [1.54, 1.807) is 6.20 Å². The lowest BCUT2D eigenvalue weighted by atomic mass is 10.00. The summed E-state index contributed by atoms with van der Waals surface area (Å²) in [5.74, 6) is 1.93. The van der Waals surface area contributed by atoms with Gasteiger partial charge in [0.15, 0.2) is 0 Å². The summed E-state index contributed by atoms with van der Waals surface area (Å²) in [4.78, 5) is 28.5. The Morgan fingerprint density at radius 1 is 0.733 bits per heavy atom. The molecule has 0 aliphatic carbocycles. The lowest BCUT2D eigenvalue weighted by Gasteiger charge is -2.35. The Kier molecular flexibility index (Phi) is 5.05. The molecule has 6 nitrogen and oxygen atoms in total. The third-order valence-corrected chi connectivity index (χ3v) is 5.99. The highest BCUT2D eigenvalue weighted by Gasteiger charge is 2.24. The van der Waals surface area contributed by atoms with E-state index in [1.165, 1.54) is 11.1 Å². The second-order valence-electron chi connectivity index (χ2n) is 7.81. The Bertz CT molecular complexity index is 1030. The number of nitrogens with zero attached hydrogens (tertiary/aromatic N) is 5. The van der Waals surface area contributed by atoms with Crippen molar-refractivity contribution in [3.63, 3.8) is 0 Å². The summed E-state index contributed by atoms with van der Waals surface area (Å²) in [5.41, 5.74) is 3.46. The lowest BCUT2D eigenvalue weighted by molar-refractivity contribution is 0.0746. The van der Waals surface area contributed by atoms with Gasteiger partial charge in [-0.15, -0.1) is 0 Å². The van der Waals surface area contributed by atoms with Crippen molar-refractivity contribution < 1.29 is 4.79 Å². The Morgan fingerprint density at radius 3 is 2.30 bits per heavy atom. The van der Waals surface area contributed by atoms with Crippen LogP contribution in [0.5, 0.6) is 0 Å². The predicted octanol–water partition coefficient (Wildman–Crippen LogP) is 3.00. The van der Waals surface area contributed by atoms with Gasteiger partial charge in [-0.3, -0.25) is 4.79 Å². The van der Waals surface area contributed by atoms with Crippen LogP contribution in [-0.4, -0.2) is 53.5 Å². The predicted molar refractivity (Wildman–Crippen MR) is 118 cm³/mol. The van der Waals surface area contributed by atoms with Crippen molar-refractivity contribution in [3.8, 4) is 0 Å². The average molecular weight is 399 g/mol. The highest BCUT2D eigenvalue weighted by atomic mass is 16.2. The van der Waals surface area contributed by atoms with Crippen LogP contribution < -0.4 is 9.80 Å². The van der Waals surface area contributed by atoms with Crippen molar-refractivity contribution in [2.24, 2.45) is 0 Å². The lowest BCUT2D eigenvalue weighted by Crippen LogP contribution is -2.49. The number of hydrogen-bond acceptors (Lipinski definition) is 5. The fourth-order valence-corrected chi connectivity index (χ4v) is 4.28. The quantitative estimate of drug-likeness (QED) is 0.678. The second kappa shape index (κ2) is 8.14. The smallest absolute Gasteiger partial charge is 0.254 e. The van der Waals surface area contributed by atoms with Gasteiger partial charge in [0.1, 0.15) is 11.6 Å². The fourth-order valence-electron chi connectivity index (χ4n) is 4.28. The number of hydrogen-bond donors (Lipinski definition) is 0. The fraction of sp³-hybridized carbons (Fsp3) is 0.292. The Morgan fingerprint density at radius 2 is 1.50 bits per heavy atom. The minimum atomic E-state index is 0.0803. The molecule has 2 aliphatic heterocycles. The molecule has 0 bridgehead atoms. The molecular formula is C24H25N5O. The third-order valence-electron chi connectivity index (χ3n) is 5.99. The maximum atomic E-state index is 13.1. The molecule has 1 fully saturated rings. The molecule has 0 spiro atoms. The van der Waals surface area contributed by atoms with Crippen molar-refractivity contribution in [2.75, 3.05) is 42.5 Å². The molecule has 0 saturated carbocycles. The molecule has 0 atom stereocenters. The number of amides is 1. The van der Waals surface area contributed by atoms with Crippen molar-refractivity contribution in [2.45, 2.75) is 13.0 Å². The second-order valence-corrected chi connectivity index (χ2v) is 7.81. The molecular weight excluding hydrogens is 374 g/mol. The molecule has 2 aliphatic rings. The zero-order valence-corrected chi connectivity index (χ0v) is 16.9. The number of carbonyl (C=O) groups is 1. The number of carbonyl (C=O) groups excluding carboxylic acids is 1.